The molecule has 3 heteroatoms. The molecule has 0 spiro atoms. The molecule has 0 unspecified atom stereocenters. The van der Waals surface area contributed by atoms with Crippen LogP contribution in [-0.4, -0.2) is 36.1 Å². The fourth-order valence-corrected chi connectivity index (χ4v) is 2.64. The van der Waals surface area contributed by atoms with Gasteiger partial charge < -0.3 is 9.64 Å². The highest BCUT2D eigenvalue weighted by Gasteiger charge is 2.26. The van der Waals surface area contributed by atoms with Gasteiger partial charge in [-0.05, 0) is 38.3 Å². The van der Waals surface area contributed by atoms with E-state index in [1.807, 2.05) is 41.3 Å². The molecule has 108 valence electrons. The molecule has 0 aromatic heterocycles. The Hall–Kier alpha value is -1.61. The summed E-state index contributed by atoms with van der Waals surface area (Å²) < 4.78 is 5.38. The van der Waals surface area contributed by atoms with Crippen molar-refractivity contribution < 1.29 is 9.53 Å². The average Bonchev–Trinajstić information content (AvgIpc) is 2.47. The SMILES string of the molecule is CC(C)N(C(=O)C=Cc1ccccc1)C1CCOCC1. The van der Waals surface area contributed by atoms with E-state index < -0.39 is 0 Å². The summed E-state index contributed by atoms with van der Waals surface area (Å²) in [6.45, 7) is 5.65. The Labute approximate surface area is 121 Å². The molecule has 1 saturated heterocycles. The Bertz CT molecular complexity index is 447. The van der Waals surface area contributed by atoms with Crippen molar-refractivity contribution in [2.45, 2.75) is 38.8 Å². The van der Waals surface area contributed by atoms with Crippen molar-refractivity contribution in [1.29, 1.82) is 0 Å². The zero-order valence-electron chi connectivity index (χ0n) is 12.3. The molecule has 1 aromatic carbocycles. The molecule has 0 saturated carbocycles. The quantitative estimate of drug-likeness (QED) is 0.789. The van der Waals surface area contributed by atoms with E-state index in [2.05, 4.69) is 13.8 Å². The fourth-order valence-electron chi connectivity index (χ4n) is 2.64. The zero-order chi connectivity index (χ0) is 14.4. The predicted molar refractivity (Wildman–Crippen MR) is 81.3 cm³/mol. The maximum Gasteiger partial charge on any atom is 0.247 e. The second-order valence-electron chi connectivity index (χ2n) is 5.43. The summed E-state index contributed by atoms with van der Waals surface area (Å²) in [5.74, 6) is 0.0933. The van der Waals surface area contributed by atoms with Crippen LogP contribution in [0.4, 0.5) is 0 Å². The van der Waals surface area contributed by atoms with E-state index in [4.69, 9.17) is 4.74 Å². The standard InChI is InChI=1S/C17H23NO2/c1-14(2)18(16-10-12-20-13-11-16)17(19)9-8-15-6-4-3-5-7-15/h3-9,14,16H,10-13H2,1-2H3. The Kier molecular flexibility index (Phi) is 5.36. The number of carbonyl (C=O) groups excluding carboxylic acids is 1. The molecule has 1 aliphatic heterocycles. The van der Waals surface area contributed by atoms with Gasteiger partial charge in [0.25, 0.3) is 0 Å². The predicted octanol–water partition coefficient (Wildman–Crippen LogP) is 3.12. The summed E-state index contributed by atoms with van der Waals surface area (Å²) in [5, 5.41) is 0. The lowest BCUT2D eigenvalue weighted by molar-refractivity contribution is -0.132. The number of nitrogens with zero attached hydrogens (tertiary/aromatic N) is 1. The zero-order valence-corrected chi connectivity index (χ0v) is 12.3. The first-order chi connectivity index (χ1) is 9.68. The Morgan fingerprint density at radius 3 is 2.50 bits per heavy atom. The molecule has 1 aromatic rings. The Morgan fingerprint density at radius 2 is 1.90 bits per heavy atom. The van der Waals surface area contributed by atoms with Crippen LogP contribution in [0, 0.1) is 0 Å². The van der Waals surface area contributed by atoms with Gasteiger partial charge in [0.1, 0.15) is 0 Å². The minimum Gasteiger partial charge on any atom is -0.381 e. The lowest BCUT2D eigenvalue weighted by Gasteiger charge is -2.36. The van der Waals surface area contributed by atoms with E-state index >= 15 is 0 Å². The van der Waals surface area contributed by atoms with Crippen molar-refractivity contribution in [3.05, 3.63) is 42.0 Å². The van der Waals surface area contributed by atoms with Crippen LogP contribution >= 0.6 is 0 Å². The van der Waals surface area contributed by atoms with Gasteiger partial charge in [0.15, 0.2) is 0 Å². The van der Waals surface area contributed by atoms with Crippen molar-refractivity contribution in [2.24, 2.45) is 0 Å². The molecule has 0 aliphatic carbocycles. The molecular weight excluding hydrogens is 250 g/mol. The molecule has 0 bridgehead atoms. The average molecular weight is 273 g/mol. The number of rotatable bonds is 4. The monoisotopic (exact) mass is 273 g/mol. The fraction of sp³-hybridized carbons (Fsp3) is 0.471. The van der Waals surface area contributed by atoms with Gasteiger partial charge in [-0.15, -0.1) is 0 Å². The molecule has 0 atom stereocenters. The van der Waals surface area contributed by atoms with E-state index in [0.717, 1.165) is 31.6 Å². The molecule has 1 fully saturated rings. The first-order valence-corrected chi connectivity index (χ1v) is 7.31. The van der Waals surface area contributed by atoms with Gasteiger partial charge in [0.05, 0.1) is 0 Å². The van der Waals surface area contributed by atoms with E-state index in [-0.39, 0.29) is 11.9 Å². The number of hydrogen-bond acceptors (Lipinski definition) is 2. The minimum atomic E-state index is 0.0933. The van der Waals surface area contributed by atoms with Gasteiger partial charge in [-0.1, -0.05) is 30.3 Å². The molecule has 20 heavy (non-hydrogen) atoms. The maximum absolute atomic E-state index is 12.5. The topological polar surface area (TPSA) is 29.5 Å². The van der Waals surface area contributed by atoms with Crippen molar-refractivity contribution in [3.8, 4) is 0 Å². The second-order valence-corrected chi connectivity index (χ2v) is 5.43. The number of carbonyl (C=O) groups is 1. The van der Waals surface area contributed by atoms with Crippen LogP contribution in [0.25, 0.3) is 6.08 Å². The van der Waals surface area contributed by atoms with Gasteiger partial charge in [-0.3, -0.25) is 4.79 Å². The summed E-state index contributed by atoms with van der Waals surface area (Å²) >= 11 is 0. The highest BCUT2D eigenvalue weighted by Crippen LogP contribution is 2.18. The molecule has 0 radical (unpaired) electrons. The number of ether oxygens (including phenoxy) is 1. The van der Waals surface area contributed by atoms with Crippen molar-refractivity contribution in [3.63, 3.8) is 0 Å². The first kappa shape index (κ1) is 14.8. The van der Waals surface area contributed by atoms with E-state index in [9.17, 15) is 4.79 Å². The normalized spacial score (nSPS) is 16.8. The summed E-state index contributed by atoms with van der Waals surface area (Å²) in [7, 11) is 0. The van der Waals surface area contributed by atoms with Crippen LogP contribution in [0.2, 0.25) is 0 Å². The third kappa shape index (κ3) is 3.94. The van der Waals surface area contributed by atoms with Gasteiger partial charge in [-0.25, -0.2) is 0 Å². The molecule has 3 nitrogen and oxygen atoms in total. The highest BCUT2D eigenvalue weighted by atomic mass is 16.5. The van der Waals surface area contributed by atoms with Crippen molar-refractivity contribution in [2.75, 3.05) is 13.2 Å². The molecular formula is C17H23NO2. The summed E-state index contributed by atoms with van der Waals surface area (Å²) in [6, 6.07) is 10.4. The summed E-state index contributed by atoms with van der Waals surface area (Å²) in [5.41, 5.74) is 1.05. The van der Waals surface area contributed by atoms with Crippen molar-refractivity contribution >= 4 is 12.0 Å². The number of amides is 1. The molecule has 1 heterocycles. The third-order valence-corrected chi connectivity index (χ3v) is 3.61. The van der Waals surface area contributed by atoms with Crippen molar-refractivity contribution in [1.82, 2.24) is 4.90 Å². The minimum absolute atomic E-state index is 0.0933. The van der Waals surface area contributed by atoms with Crippen LogP contribution in [0.15, 0.2) is 36.4 Å². The van der Waals surface area contributed by atoms with Crippen LogP contribution in [-0.2, 0) is 9.53 Å². The van der Waals surface area contributed by atoms with Crippen LogP contribution in [0.3, 0.4) is 0 Å². The van der Waals surface area contributed by atoms with E-state index in [0.29, 0.717) is 6.04 Å². The van der Waals surface area contributed by atoms with Crippen LogP contribution in [0.5, 0.6) is 0 Å². The van der Waals surface area contributed by atoms with Gasteiger partial charge in [0, 0.05) is 31.4 Å². The summed E-state index contributed by atoms with van der Waals surface area (Å²) in [4.78, 5) is 14.4. The van der Waals surface area contributed by atoms with Crippen LogP contribution in [0.1, 0.15) is 32.3 Å². The van der Waals surface area contributed by atoms with Gasteiger partial charge in [0.2, 0.25) is 5.91 Å². The second kappa shape index (κ2) is 7.25. The lowest BCUT2D eigenvalue weighted by atomic mass is 10.0. The highest BCUT2D eigenvalue weighted by molar-refractivity contribution is 5.92. The van der Waals surface area contributed by atoms with Gasteiger partial charge in [-0.2, -0.15) is 0 Å². The first-order valence-electron chi connectivity index (χ1n) is 7.31. The van der Waals surface area contributed by atoms with E-state index in [1.165, 1.54) is 0 Å². The van der Waals surface area contributed by atoms with Crippen LogP contribution < -0.4 is 0 Å². The smallest absolute Gasteiger partial charge is 0.247 e. The Balaban J connectivity index is 2.05. The molecule has 1 aliphatic rings. The number of hydrogen-bond donors (Lipinski definition) is 0. The van der Waals surface area contributed by atoms with E-state index in [1.54, 1.807) is 6.08 Å². The largest absolute Gasteiger partial charge is 0.381 e. The molecule has 2 rings (SSSR count). The number of benzene rings is 1. The molecule has 0 N–H and O–H groups in total. The third-order valence-electron chi connectivity index (χ3n) is 3.61. The molecule has 1 amide bonds. The lowest BCUT2D eigenvalue weighted by Crippen LogP contribution is -2.46. The van der Waals surface area contributed by atoms with Gasteiger partial charge >= 0.3 is 0 Å². The maximum atomic E-state index is 12.5. The Morgan fingerprint density at radius 1 is 1.25 bits per heavy atom. The summed E-state index contributed by atoms with van der Waals surface area (Å²) in [6.07, 6.45) is 5.44.